The molecule has 0 amide bonds. The van der Waals surface area contributed by atoms with E-state index in [4.69, 9.17) is 0 Å². The molecule has 1 nitrogen and oxygen atoms in total. The third-order valence-corrected chi connectivity index (χ3v) is 4.61. The van der Waals surface area contributed by atoms with E-state index in [9.17, 15) is 4.79 Å². The van der Waals surface area contributed by atoms with Crippen molar-refractivity contribution >= 4 is 21.7 Å². The van der Waals surface area contributed by atoms with Gasteiger partial charge in [-0.25, -0.2) is 0 Å². The van der Waals surface area contributed by atoms with E-state index >= 15 is 0 Å². The van der Waals surface area contributed by atoms with Gasteiger partial charge in [0.1, 0.15) is 0 Å². The summed E-state index contributed by atoms with van der Waals surface area (Å²) in [5.41, 5.74) is 2.05. The molecule has 0 aliphatic carbocycles. The normalized spacial score (nSPS) is 12.4. The van der Waals surface area contributed by atoms with Crippen LogP contribution in [0.15, 0.2) is 24.3 Å². The number of unbranched alkanes of at least 4 members (excludes halogenated alkanes) is 4. The lowest BCUT2D eigenvalue weighted by atomic mass is 9.96. The predicted octanol–water partition coefficient (Wildman–Crippen LogP) is 6.08. The molecule has 0 heterocycles. The summed E-state index contributed by atoms with van der Waals surface area (Å²) in [5.74, 6) is 0.296. The molecule has 0 saturated carbocycles. The third-order valence-electron chi connectivity index (χ3n) is 3.46. The van der Waals surface area contributed by atoms with Crippen LogP contribution in [0, 0.1) is 0 Å². The Bertz CT molecular complexity index is 387. The molecule has 19 heavy (non-hydrogen) atoms. The van der Waals surface area contributed by atoms with Crippen molar-refractivity contribution in [1.82, 2.24) is 0 Å². The highest BCUT2D eigenvalue weighted by atomic mass is 79.9. The first-order chi connectivity index (χ1) is 9.20. The van der Waals surface area contributed by atoms with E-state index in [2.05, 4.69) is 35.8 Å². The average molecular weight is 325 g/mol. The lowest BCUT2D eigenvalue weighted by Crippen LogP contribution is -2.05. The zero-order valence-electron chi connectivity index (χ0n) is 12.1. The quantitative estimate of drug-likeness (QED) is 0.306. The van der Waals surface area contributed by atoms with Gasteiger partial charge < -0.3 is 0 Å². The van der Waals surface area contributed by atoms with Gasteiger partial charge in [0.05, 0.1) is 0 Å². The number of halogens is 1. The number of hydrogen-bond donors (Lipinski definition) is 0. The summed E-state index contributed by atoms with van der Waals surface area (Å²) in [6.07, 6.45) is 7.66. The molecular formula is C17H25BrO. The van der Waals surface area contributed by atoms with Gasteiger partial charge in [-0.15, -0.1) is 0 Å². The summed E-state index contributed by atoms with van der Waals surface area (Å²) >= 11 is 3.65. The maximum Gasteiger partial charge on any atom is 0.163 e. The van der Waals surface area contributed by atoms with E-state index < -0.39 is 0 Å². The van der Waals surface area contributed by atoms with Crippen molar-refractivity contribution in [2.45, 2.75) is 63.6 Å². The maximum absolute atomic E-state index is 12.3. The highest BCUT2D eigenvalue weighted by Crippen LogP contribution is 2.29. The molecule has 0 saturated heterocycles. The molecule has 1 unspecified atom stereocenters. The molecule has 0 fully saturated rings. The average Bonchev–Trinajstić information content (AvgIpc) is 2.46. The van der Waals surface area contributed by atoms with Crippen LogP contribution >= 0.6 is 15.9 Å². The molecule has 0 N–H and O–H groups in total. The van der Waals surface area contributed by atoms with Gasteiger partial charge in [0.25, 0.3) is 0 Å². The van der Waals surface area contributed by atoms with E-state index in [0.717, 1.165) is 24.0 Å². The van der Waals surface area contributed by atoms with Crippen molar-refractivity contribution in [2.75, 3.05) is 0 Å². The van der Waals surface area contributed by atoms with Crippen molar-refractivity contribution in [2.24, 2.45) is 0 Å². The Morgan fingerprint density at radius 1 is 1.11 bits per heavy atom. The van der Waals surface area contributed by atoms with E-state index in [1.54, 1.807) is 0 Å². The Hall–Kier alpha value is -0.630. The molecule has 0 spiro atoms. The molecular weight excluding hydrogens is 300 g/mol. The number of rotatable bonds is 9. The maximum atomic E-state index is 12.3. The standard InChI is InChI=1S/C17H25BrO/c1-3-5-6-7-8-13-17(19)15-12-10-9-11-14(15)16(18)4-2/h9-12,16H,3-8,13H2,1-2H3. The zero-order valence-corrected chi connectivity index (χ0v) is 13.7. The first-order valence-electron chi connectivity index (χ1n) is 7.46. The SMILES string of the molecule is CCCCCCCC(=O)c1ccccc1C(Br)CC. The Kier molecular flexibility index (Phi) is 8.04. The lowest BCUT2D eigenvalue weighted by molar-refractivity contribution is 0.0978. The van der Waals surface area contributed by atoms with Gasteiger partial charge in [-0.2, -0.15) is 0 Å². The first-order valence-corrected chi connectivity index (χ1v) is 8.38. The monoisotopic (exact) mass is 324 g/mol. The van der Waals surface area contributed by atoms with Crippen molar-refractivity contribution in [3.8, 4) is 0 Å². The van der Waals surface area contributed by atoms with Gasteiger partial charge in [-0.05, 0) is 18.4 Å². The number of alkyl halides is 1. The highest BCUT2D eigenvalue weighted by molar-refractivity contribution is 9.09. The molecule has 0 aliphatic rings. The van der Waals surface area contributed by atoms with Gasteiger partial charge in [0, 0.05) is 16.8 Å². The van der Waals surface area contributed by atoms with Gasteiger partial charge in [0.15, 0.2) is 5.78 Å². The fourth-order valence-corrected chi connectivity index (χ4v) is 2.67. The van der Waals surface area contributed by atoms with Crippen molar-refractivity contribution in [3.05, 3.63) is 35.4 Å². The summed E-state index contributed by atoms with van der Waals surface area (Å²) in [4.78, 5) is 12.6. The molecule has 0 bridgehead atoms. The van der Waals surface area contributed by atoms with Gasteiger partial charge in [-0.1, -0.05) is 79.7 Å². The molecule has 1 rings (SSSR count). The topological polar surface area (TPSA) is 17.1 Å². The summed E-state index contributed by atoms with van der Waals surface area (Å²) < 4.78 is 0. The van der Waals surface area contributed by atoms with Crippen LogP contribution in [0.5, 0.6) is 0 Å². The van der Waals surface area contributed by atoms with Crippen molar-refractivity contribution < 1.29 is 4.79 Å². The fourth-order valence-electron chi connectivity index (χ4n) is 2.27. The summed E-state index contributed by atoms with van der Waals surface area (Å²) in [5, 5.41) is 0. The van der Waals surface area contributed by atoms with Gasteiger partial charge >= 0.3 is 0 Å². The fraction of sp³-hybridized carbons (Fsp3) is 0.588. The van der Waals surface area contributed by atoms with Crippen LogP contribution in [-0.2, 0) is 0 Å². The van der Waals surface area contributed by atoms with E-state index in [1.807, 2.05) is 18.2 Å². The number of carbonyl (C=O) groups excluding carboxylic acids is 1. The Morgan fingerprint density at radius 2 is 1.79 bits per heavy atom. The molecule has 1 aromatic rings. The van der Waals surface area contributed by atoms with E-state index in [1.165, 1.54) is 25.7 Å². The number of ketones is 1. The first kappa shape index (κ1) is 16.4. The van der Waals surface area contributed by atoms with E-state index in [-0.39, 0.29) is 4.83 Å². The second kappa shape index (κ2) is 9.30. The van der Waals surface area contributed by atoms with Gasteiger partial charge in [0.2, 0.25) is 0 Å². The highest BCUT2D eigenvalue weighted by Gasteiger charge is 2.15. The summed E-state index contributed by atoms with van der Waals surface area (Å²) in [6, 6.07) is 8.00. The molecule has 0 aliphatic heterocycles. The Morgan fingerprint density at radius 3 is 2.47 bits per heavy atom. The number of carbonyl (C=O) groups is 1. The zero-order chi connectivity index (χ0) is 14.1. The number of hydrogen-bond acceptors (Lipinski definition) is 1. The van der Waals surface area contributed by atoms with Crippen LogP contribution in [0.25, 0.3) is 0 Å². The minimum atomic E-state index is 0.285. The Balaban J connectivity index is 2.56. The number of benzene rings is 1. The number of Topliss-reactive ketones (excluding diaryl/α,β-unsaturated/α-hetero) is 1. The van der Waals surface area contributed by atoms with E-state index in [0.29, 0.717) is 12.2 Å². The second-order valence-electron chi connectivity index (χ2n) is 5.05. The van der Waals surface area contributed by atoms with Crippen LogP contribution in [0.1, 0.15) is 79.5 Å². The summed E-state index contributed by atoms with van der Waals surface area (Å²) in [7, 11) is 0. The Labute approximate surface area is 125 Å². The van der Waals surface area contributed by atoms with Crippen molar-refractivity contribution in [3.63, 3.8) is 0 Å². The van der Waals surface area contributed by atoms with Crippen LogP contribution in [-0.4, -0.2) is 5.78 Å². The molecule has 106 valence electrons. The minimum Gasteiger partial charge on any atom is -0.294 e. The third kappa shape index (κ3) is 5.48. The smallest absolute Gasteiger partial charge is 0.163 e. The largest absolute Gasteiger partial charge is 0.294 e. The van der Waals surface area contributed by atoms with Crippen LogP contribution in [0.2, 0.25) is 0 Å². The van der Waals surface area contributed by atoms with Crippen molar-refractivity contribution in [1.29, 1.82) is 0 Å². The van der Waals surface area contributed by atoms with Crippen LogP contribution in [0.4, 0.5) is 0 Å². The van der Waals surface area contributed by atoms with Crippen LogP contribution in [0.3, 0.4) is 0 Å². The lowest BCUT2D eigenvalue weighted by Gasteiger charge is -2.12. The summed E-state index contributed by atoms with van der Waals surface area (Å²) in [6.45, 7) is 4.34. The molecule has 0 aromatic heterocycles. The molecule has 0 radical (unpaired) electrons. The molecule has 1 aromatic carbocycles. The second-order valence-corrected chi connectivity index (χ2v) is 6.16. The molecule has 1 atom stereocenters. The van der Waals surface area contributed by atoms with Gasteiger partial charge in [-0.3, -0.25) is 4.79 Å². The predicted molar refractivity (Wildman–Crippen MR) is 86.1 cm³/mol. The van der Waals surface area contributed by atoms with Crippen LogP contribution < -0.4 is 0 Å². The minimum absolute atomic E-state index is 0.285. The molecule has 2 heteroatoms.